The van der Waals surface area contributed by atoms with E-state index in [1.165, 1.54) is 0 Å². The van der Waals surface area contributed by atoms with Crippen LogP contribution in [0.2, 0.25) is 0 Å². The number of rotatable bonds is 2. The lowest BCUT2D eigenvalue weighted by Crippen LogP contribution is -1.92. The molecule has 0 aromatic rings. The van der Waals surface area contributed by atoms with Gasteiger partial charge in [0, 0.05) is 12.5 Å². The van der Waals surface area contributed by atoms with Crippen LogP contribution in [0.25, 0.3) is 0 Å². The molecule has 2 heteroatoms. The Morgan fingerprint density at radius 1 is 1.56 bits per heavy atom. The number of ether oxygens (including phenoxy) is 1. The number of carbonyl (C=O) groups is 1. The molecule has 1 fully saturated rings. The van der Waals surface area contributed by atoms with Gasteiger partial charge in [0.2, 0.25) is 0 Å². The second-order valence-electron chi connectivity index (χ2n) is 2.14. The average Bonchev–Trinajstić information content (AvgIpc) is 2.34. The Hall–Kier alpha value is -0.630. The summed E-state index contributed by atoms with van der Waals surface area (Å²) >= 11 is 0. The molecule has 0 aromatic carbocycles. The molecule has 1 heterocycles. The first-order valence-electron chi connectivity index (χ1n) is 3.13. The first kappa shape index (κ1) is 6.49. The highest BCUT2D eigenvalue weighted by atomic mass is 16.5. The second kappa shape index (κ2) is 3.41. The molecule has 0 amide bonds. The van der Waals surface area contributed by atoms with Gasteiger partial charge in [0.25, 0.3) is 0 Å². The van der Waals surface area contributed by atoms with Gasteiger partial charge in [-0.1, -0.05) is 6.08 Å². The lowest BCUT2D eigenvalue weighted by molar-refractivity contribution is -0.104. The molecule has 1 aliphatic heterocycles. The summed E-state index contributed by atoms with van der Waals surface area (Å²) in [5, 5.41) is 0. The Bertz CT molecular complexity index is 112. The van der Waals surface area contributed by atoms with Crippen LogP contribution in [-0.2, 0) is 9.53 Å². The highest BCUT2D eigenvalue weighted by Crippen LogP contribution is 2.12. The molecule has 1 unspecified atom stereocenters. The van der Waals surface area contributed by atoms with Crippen LogP contribution in [0.4, 0.5) is 0 Å². The average molecular weight is 126 g/mol. The Morgan fingerprint density at radius 2 is 2.44 bits per heavy atom. The molecule has 9 heavy (non-hydrogen) atoms. The topological polar surface area (TPSA) is 26.3 Å². The zero-order valence-corrected chi connectivity index (χ0v) is 5.25. The van der Waals surface area contributed by atoms with Gasteiger partial charge in [-0.25, -0.2) is 0 Å². The minimum absolute atomic E-state index is 0.482. The maximum atomic E-state index is 9.83. The molecular weight excluding hydrogens is 116 g/mol. The molecule has 2 nitrogen and oxygen atoms in total. The van der Waals surface area contributed by atoms with Crippen LogP contribution in [0, 0.1) is 5.92 Å². The third-order valence-corrected chi connectivity index (χ3v) is 1.43. The molecule has 50 valence electrons. The Morgan fingerprint density at radius 3 is 3.00 bits per heavy atom. The van der Waals surface area contributed by atoms with Crippen molar-refractivity contribution in [3.8, 4) is 0 Å². The smallest absolute Gasteiger partial charge is 0.142 e. The summed E-state index contributed by atoms with van der Waals surface area (Å²) in [5.41, 5.74) is 0. The van der Waals surface area contributed by atoms with E-state index in [0.717, 1.165) is 25.9 Å². The SMILES string of the molecule is O=CC=CC1CCOC1. The normalized spacial score (nSPS) is 27.3. The van der Waals surface area contributed by atoms with E-state index in [-0.39, 0.29) is 0 Å². The molecule has 1 atom stereocenters. The molecule has 1 saturated heterocycles. The predicted molar refractivity (Wildman–Crippen MR) is 34.1 cm³/mol. The van der Waals surface area contributed by atoms with Crippen molar-refractivity contribution in [2.24, 2.45) is 5.92 Å². The Kier molecular flexibility index (Phi) is 2.46. The van der Waals surface area contributed by atoms with E-state index in [9.17, 15) is 4.79 Å². The highest BCUT2D eigenvalue weighted by Gasteiger charge is 2.10. The quantitative estimate of drug-likeness (QED) is 0.403. The number of aldehydes is 1. The number of hydrogen-bond donors (Lipinski definition) is 0. The van der Waals surface area contributed by atoms with Crippen LogP contribution in [0.1, 0.15) is 6.42 Å². The van der Waals surface area contributed by atoms with Gasteiger partial charge in [-0.3, -0.25) is 4.79 Å². The highest BCUT2D eigenvalue weighted by molar-refractivity contribution is 5.64. The summed E-state index contributed by atoms with van der Waals surface area (Å²) in [4.78, 5) is 9.83. The van der Waals surface area contributed by atoms with E-state index in [2.05, 4.69) is 0 Å². The maximum absolute atomic E-state index is 9.83. The summed E-state index contributed by atoms with van der Waals surface area (Å²) in [5.74, 6) is 0.482. The van der Waals surface area contributed by atoms with Crippen molar-refractivity contribution in [3.63, 3.8) is 0 Å². The van der Waals surface area contributed by atoms with Crippen molar-refractivity contribution in [1.29, 1.82) is 0 Å². The van der Waals surface area contributed by atoms with Crippen molar-refractivity contribution in [2.75, 3.05) is 13.2 Å². The van der Waals surface area contributed by atoms with Gasteiger partial charge in [-0.15, -0.1) is 0 Å². The van der Waals surface area contributed by atoms with Gasteiger partial charge in [0.05, 0.1) is 6.61 Å². The van der Waals surface area contributed by atoms with E-state index >= 15 is 0 Å². The Labute approximate surface area is 54.5 Å². The molecule has 0 saturated carbocycles. The van der Waals surface area contributed by atoms with Crippen molar-refractivity contribution in [1.82, 2.24) is 0 Å². The van der Waals surface area contributed by atoms with Crippen LogP contribution in [-0.4, -0.2) is 19.5 Å². The van der Waals surface area contributed by atoms with Crippen LogP contribution in [0.3, 0.4) is 0 Å². The van der Waals surface area contributed by atoms with Gasteiger partial charge in [0.1, 0.15) is 6.29 Å². The third kappa shape index (κ3) is 1.98. The summed E-state index contributed by atoms with van der Waals surface area (Å²) in [6, 6.07) is 0. The standard InChI is InChI=1S/C7H10O2/c8-4-1-2-7-3-5-9-6-7/h1-2,4,7H,3,5-6H2. The van der Waals surface area contributed by atoms with Crippen molar-refractivity contribution in [3.05, 3.63) is 12.2 Å². The second-order valence-corrected chi connectivity index (χ2v) is 2.14. The van der Waals surface area contributed by atoms with Gasteiger partial charge in [-0.2, -0.15) is 0 Å². The zero-order chi connectivity index (χ0) is 6.53. The van der Waals surface area contributed by atoms with E-state index in [0.29, 0.717) is 5.92 Å². The molecule has 1 rings (SSSR count). The molecule has 0 spiro atoms. The first-order chi connectivity index (χ1) is 4.43. The lowest BCUT2D eigenvalue weighted by atomic mass is 10.1. The fraction of sp³-hybridized carbons (Fsp3) is 0.571. The Balaban J connectivity index is 2.25. The van der Waals surface area contributed by atoms with E-state index in [4.69, 9.17) is 4.74 Å². The van der Waals surface area contributed by atoms with Crippen LogP contribution in [0.5, 0.6) is 0 Å². The predicted octanol–water partition coefficient (Wildman–Crippen LogP) is 0.778. The van der Waals surface area contributed by atoms with Crippen LogP contribution < -0.4 is 0 Å². The third-order valence-electron chi connectivity index (χ3n) is 1.43. The molecule has 0 bridgehead atoms. The molecule has 0 aromatic heterocycles. The number of carbonyl (C=O) groups excluding carboxylic acids is 1. The first-order valence-corrected chi connectivity index (χ1v) is 3.13. The van der Waals surface area contributed by atoms with E-state index in [1.807, 2.05) is 6.08 Å². The summed E-state index contributed by atoms with van der Waals surface area (Å²) in [6.45, 7) is 1.62. The summed E-state index contributed by atoms with van der Waals surface area (Å²) < 4.78 is 5.09. The fourth-order valence-corrected chi connectivity index (χ4v) is 0.907. The fourth-order valence-electron chi connectivity index (χ4n) is 0.907. The molecule has 0 aliphatic carbocycles. The monoisotopic (exact) mass is 126 g/mol. The minimum atomic E-state index is 0.482. The van der Waals surface area contributed by atoms with E-state index < -0.39 is 0 Å². The number of hydrogen-bond acceptors (Lipinski definition) is 2. The van der Waals surface area contributed by atoms with Crippen LogP contribution in [0.15, 0.2) is 12.2 Å². The molecule has 0 N–H and O–H groups in total. The van der Waals surface area contributed by atoms with Crippen molar-refractivity contribution < 1.29 is 9.53 Å². The van der Waals surface area contributed by atoms with Gasteiger partial charge >= 0.3 is 0 Å². The van der Waals surface area contributed by atoms with Crippen molar-refractivity contribution in [2.45, 2.75) is 6.42 Å². The summed E-state index contributed by atoms with van der Waals surface area (Å²) in [7, 11) is 0. The van der Waals surface area contributed by atoms with Gasteiger partial charge in [-0.05, 0) is 12.5 Å². The summed E-state index contributed by atoms with van der Waals surface area (Å²) in [6.07, 6.45) is 5.31. The molecule has 1 aliphatic rings. The van der Waals surface area contributed by atoms with Crippen molar-refractivity contribution >= 4 is 6.29 Å². The van der Waals surface area contributed by atoms with Gasteiger partial charge < -0.3 is 4.74 Å². The van der Waals surface area contributed by atoms with E-state index in [1.54, 1.807) is 6.08 Å². The van der Waals surface area contributed by atoms with Gasteiger partial charge in [0.15, 0.2) is 0 Å². The molecular formula is C7H10O2. The zero-order valence-electron chi connectivity index (χ0n) is 5.25. The number of allylic oxidation sites excluding steroid dienone is 1. The van der Waals surface area contributed by atoms with Crippen LogP contribution >= 0.6 is 0 Å². The lowest BCUT2D eigenvalue weighted by Gasteiger charge is -1.94. The molecule has 0 radical (unpaired) electrons. The largest absolute Gasteiger partial charge is 0.381 e. The maximum Gasteiger partial charge on any atom is 0.142 e. The minimum Gasteiger partial charge on any atom is -0.381 e.